The van der Waals surface area contributed by atoms with E-state index < -0.39 is 0 Å². The number of rotatable bonds is 5. The maximum atomic E-state index is 10.8. The van der Waals surface area contributed by atoms with Crippen LogP contribution >= 0.6 is 0 Å². The Balaban J connectivity index is 3.51. The van der Waals surface area contributed by atoms with Crippen molar-refractivity contribution in [3.8, 4) is 0 Å². The van der Waals surface area contributed by atoms with Gasteiger partial charge in [-0.05, 0) is 12.5 Å². The van der Waals surface area contributed by atoms with Crippen LogP contribution in [0.25, 0.3) is 0 Å². The van der Waals surface area contributed by atoms with E-state index in [1.165, 1.54) is 6.08 Å². The molecule has 0 aliphatic rings. The summed E-state index contributed by atoms with van der Waals surface area (Å²) < 4.78 is 0. The Kier molecular flexibility index (Phi) is 4.91. The van der Waals surface area contributed by atoms with Gasteiger partial charge in [0.05, 0.1) is 0 Å². The molecule has 0 saturated carbocycles. The molecule has 0 aromatic carbocycles. The Morgan fingerprint density at radius 2 is 2.30 bits per heavy atom. The standard InChI is InChI=1S/C9H15O/c1-4-6-7-8(3)9(10)5-2/h2,5,8H,4,6-7H2,1,3H3. The van der Waals surface area contributed by atoms with Gasteiger partial charge in [0.25, 0.3) is 0 Å². The SMILES string of the molecule is [CH]=CC(=O)C(C)CCCC. The molecular formula is C9H15O. The largest absolute Gasteiger partial charge is 0.295 e. The van der Waals surface area contributed by atoms with E-state index in [1.807, 2.05) is 6.92 Å². The molecule has 57 valence electrons. The average molecular weight is 139 g/mol. The number of allylic oxidation sites excluding steroid dienone is 1. The molecule has 0 spiro atoms. The first-order chi connectivity index (χ1) is 4.72. The van der Waals surface area contributed by atoms with Gasteiger partial charge in [-0.1, -0.05) is 33.3 Å². The number of unbranched alkanes of at least 4 members (excludes halogenated alkanes) is 1. The van der Waals surface area contributed by atoms with E-state index in [0.29, 0.717) is 0 Å². The molecule has 0 aromatic rings. The molecule has 0 amide bonds. The van der Waals surface area contributed by atoms with Crippen LogP contribution in [-0.2, 0) is 4.79 Å². The first-order valence-corrected chi connectivity index (χ1v) is 3.81. The Labute approximate surface area is 63.1 Å². The third kappa shape index (κ3) is 3.44. The fourth-order valence-electron chi connectivity index (χ4n) is 0.817. The number of hydrogen-bond donors (Lipinski definition) is 0. The Morgan fingerprint density at radius 3 is 2.70 bits per heavy atom. The van der Waals surface area contributed by atoms with Crippen LogP contribution in [0.2, 0.25) is 0 Å². The van der Waals surface area contributed by atoms with E-state index in [9.17, 15) is 4.79 Å². The molecule has 10 heavy (non-hydrogen) atoms. The second-order valence-corrected chi connectivity index (χ2v) is 2.61. The summed E-state index contributed by atoms with van der Waals surface area (Å²) in [5.74, 6) is 0.179. The van der Waals surface area contributed by atoms with Crippen LogP contribution in [0, 0.1) is 12.5 Å². The van der Waals surface area contributed by atoms with Crippen molar-refractivity contribution in [2.75, 3.05) is 0 Å². The zero-order valence-corrected chi connectivity index (χ0v) is 6.76. The lowest BCUT2D eigenvalue weighted by atomic mass is 10.00. The van der Waals surface area contributed by atoms with Crippen LogP contribution in [0.4, 0.5) is 0 Å². The first-order valence-electron chi connectivity index (χ1n) is 3.81. The Bertz CT molecular complexity index is 116. The summed E-state index contributed by atoms with van der Waals surface area (Å²) in [4.78, 5) is 10.8. The molecule has 1 nitrogen and oxygen atoms in total. The molecule has 0 aromatic heterocycles. The third-order valence-electron chi connectivity index (χ3n) is 1.64. The van der Waals surface area contributed by atoms with E-state index >= 15 is 0 Å². The number of carbonyl (C=O) groups excluding carboxylic acids is 1. The molecule has 0 aliphatic carbocycles. The van der Waals surface area contributed by atoms with Crippen molar-refractivity contribution in [1.82, 2.24) is 0 Å². The summed E-state index contributed by atoms with van der Waals surface area (Å²) in [5, 5.41) is 0. The van der Waals surface area contributed by atoms with Crippen molar-refractivity contribution in [2.45, 2.75) is 33.1 Å². The maximum absolute atomic E-state index is 10.8. The van der Waals surface area contributed by atoms with Gasteiger partial charge >= 0.3 is 0 Å². The molecule has 0 aliphatic heterocycles. The summed E-state index contributed by atoms with van der Waals surface area (Å²) in [6.07, 6.45) is 4.38. The fourth-order valence-corrected chi connectivity index (χ4v) is 0.817. The molecule has 0 N–H and O–H groups in total. The number of carbonyl (C=O) groups is 1. The van der Waals surface area contributed by atoms with Crippen molar-refractivity contribution in [1.29, 1.82) is 0 Å². The number of hydrogen-bond acceptors (Lipinski definition) is 1. The highest BCUT2D eigenvalue weighted by atomic mass is 16.1. The van der Waals surface area contributed by atoms with E-state index in [-0.39, 0.29) is 11.7 Å². The predicted molar refractivity (Wildman–Crippen MR) is 42.6 cm³/mol. The van der Waals surface area contributed by atoms with Crippen LogP contribution in [-0.4, -0.2) is 5.78 Å². The zero-order valence-electron chi connectivity index (χ0n) is 6.76. The van der Waals surface area contributed by atoms with Gasteiger partial charge in [-0.15, -0.1) is 0 Å². The van der Waals surface area contributed by atoms with E-state index in [0.717, 1.165) is 19.3 Å². The smallest absolute Gasteiger partial charge is 0.158 e. The second kappa shape index (κ2) is 5.21. The average Bonchev–Trinajstić information content (AvgIpc) is 1.98. The molecule has 1 unspecified atom stereocenters. The molecule has 0 heterocycles. The van der Waals surface area contributed by atoms with Crippen LogP contribution < -0.4 is 0 Å². The minimum absolute atomic E-state index is 0.0634. The van der Waals surface area contributed by atoms with Crippen molar-refractivity contribution in [2.24, 2.45) is 5.92 Å². The van der Waals surface area contributed by atoms with Crippen LogP contribution in [0.1, 0.15) is 33.1 Å². The summed E-state index contributed by atoms with van der Waals surface area (Å²) in [5.41, 5.74) is 0. The van der Waals surface area contributed by atoms with E-state index in [1.54, 1.807) is 0 Å². The summed E-state index contributed by atoms with van der Waals surface area (Å²) in [6.45, 7) is 9.10. The van der Waals surface area contributed by atoms with E-state index in [4.69, 9.17) is 6.58 Å². The van der Waals surface area contributed by atoms with Crippen molar-refractivity contribution in [3.05, 3.63) is 12.7 Å². The fraction of sp³-hybridized carbons (Fsp3) is 0.667. The highest BCUT2D eigenvalue weighted by molar-refractivity contribution is 5.90. The predicted octanol–water partition coefficient (Wildman–Crippen LogP) is 2.37. The molecule has 0 bridgehead atoms. The molecule has 1 atom stereocenters. The molecule has 1 radical (unpaired) electrons. The van der Waals surface area contributed by atoms with Gasteiger partial charge in [0.1, 0.15) is 0 Å². The molecule has 0 saturated heterocycles. The zero-order chi connectivity index (χ0) is 7.98. The lowest BCUT2D eigenvalue weighted by molar-refractivity contribution is -0.117. The maximum Gasteiger partial charge on any atom is 0.158 e. The minimum atomic E-state index is 0.0634. The second-order valence-electron chi connectivity index (χ2n) is 2.61. The lowest BCUT2D eigenvalue weighted by Crippen LogP contribution is -2.06. The van der Waals surface area contributed by atoms with Crippen molar-refractivity contribution >= 4 is 5.78 Å². The summed E-state index contributed by atoms with van der Waals surface area (Å²) in [7, 11) is 0. The minimum Gasteiger partial charge on any atom is -0.295 e. The Morgan fingerprint density at radius 1 is 1.70 bits per heavy atom. The van der Waals surface area contributed by atoms with Crippen LogP contribution in [0.3, 0.4) is 0 Å². The highest BCUT2D eigenvalue weighted by Gasteiger charge is 2.06. The Hall–Kier alpha value is -0.590. The van der Waals surface area contributed by atoms with Crippen molar-refractivity contribution in [3.63, 3.8) is 0 Å². The van der Waals surface area contributed by atoms with Gasteiger partial charge in [0, 0.05) is 5.92 Å². The topological polar surface area (TPSA) is 17.1 Å². The molecular weight excluding hydrogens is 124 g/mol. The van der Waals surface area contributed by atoms with Crippen LogP contribution in [0.15, 0.2) is 6.08 Å². The third-order valence-corrected chi connectivity index (χ3v) is 1.64. The summed E-state index contributed by atoms with van der Waals surface area (Å²) >= 11 is 0. The lowest BCUT2D eigenvalue weighted by Gasteiger charge is -2.04. The number of ketones is 1. The van der Waals surface area contributed by atoms with Gasteiger partial charge in [-0.2, -0.15) is 0 Å². The summed E-state index contributed by atoms with van der Waals surface area (Å²) in [6, 6.07) is 0. The highest BCUT2D eigenvalue weighted by Crippen LogP contribution is 2.08. The molecule has 1 heteroatoms. The monoisotopic (exact) mass is 139 g/mol. The normalized spacial score (nSPS) is 12.6. The van der Waals surface area contributed by atoms with Crippen molar-refractivity contribution < 1.29 is 4.79 Å². The van der Waals surface area contributed by atoms with Gasteiger partial charge in [0.15, 0.2) is 5.78 Å². The van der Waals surface area contributed by atoms with Gasteiger partial charge in [0.2, 0.25) is 0 Å². The molecule has 0 rings (SSSR count). The quantitative estimate of drug-likeness (QED) is 0.534. The van der Waals surface area contributed by atoms with Gasteiger partial charge < -0.3 is 0 Å². The first kappa shape index (κ1) is 9.41. The van der Waals surface area contributed by atoms with Gasteiger partial charge in [-0.25, -0.2) is 0 Å². The van der Waals surface area contributed by atoms with Gasteiger partial charge in [-0.3, -0.25) is 4.79 Å². The van der Waals surface area contributed by atoms with E-state index in [2.05, 4.69) is 6.92 Å². The van der Waals surface area contributed by atoms with Crippen LogP contribution in [0.5, 0.6) is 0 Å². The molecule has 0 fully saturated rings.